The fraction of sp³-hybridized carbons (Fsp3) is 0.650. The van der Waals surface area contributed by atoms with Crippen molar-refractivity contribution in [3.63, 3.8) is 0 Å². The van der Waals surface area contributed by atoms with E-state index in [0.29, 0.717) is 18.5 Å². The molecule has 4 heteroatoms. The molecule has 2 aliphatic heterocycles. The van der Waals surface area contributed by atoms with Crippen LogP contribution < -0.4 is 5.32 Å². The van der Waals surface area contributed by atoms with Gasteiger partial charge in [0.2, 0.25) is 5.91 Å². The zero-order chi connectivity index (χ0) is 16.9. The van der Waals surface area contributed by atoms with Crippen molar-refractivity contribution in [2.75, 3.05) is 39.3 Å². The Morgan fingerprint density at radius 3 is 2.54 bits per heavy atom. The van der Waals surface area contributed by atoms with E-state index in [9.17, 15) is 4.79 Å². The third-order valence-electron chi connectivity index (χ3n) is 5.60. The van der Waals surface area contributed by atoms with Crippen LogP contribution in [0.5, 0.6) is 0 Å². The number of benzene rings is 1. The molecule has 1 N–H and O–H groups in total. The van der Waals surface area contributed by atoms with Crippen molar-refractivity contribution in [1.29, 1.82) is 0 Å². The van der Waals surface area contributed by atoms with E-state index < -0.39 is 0 Å². The van der Waals surface area contributed by atoms with Crippen molar-refractivity contribution >= 4 is 5.91 Å². The van der Waals surface area contributed by atoms with E-state index in [-0.39, 0.29) is 0 Å². The Labute approximate surface area is 146 Å². The van der Waals surface area contributed by atoms with Crippen LogP contribution in [0, 0.1) is 5.92 Å². The van der Waals surface area contributed by atoms with Crippen molar-refractivity contribution in [2.24, 2.45) is 5.92 Å². The number of nitrogens with one attached hydrogen (secondary N) is 1. The van der Waals surface area contributed by atoms with Crippen molar-refractivity contribution in [3.8, 4) is 0 Å². The van der Waals surface area contributed by atoms with E-state index in [1.54, 1.807) is 0 Å². The normalized spacial score (nSPS) is 23.4. The van der Waals surface area contributed by atoms with Crippen molar-refractivity contribution in [1.82, 2.24) is 15.1 Å². The second-order valence-electron chi connectivity index (χ2n) is 7.35. The summed E-state index contributed by atoms with van der Waals surface area (Å²) in [6.07, 6.45) is 3.36. The zero-order valence-electron chi connectivity index (χ0n) is 15.1. The third kappa shape index (κ3) is 4.17. The van der Waals surface area contributed by atoms with Crippen LogP contribution in [0.2, 0.25) is 0 Å². The number of amides is 1. The largest absolute Gasteiger partial charge is 0.342 e. The number of aryl methyl sites for hydroxylation is 1. The standard InChI is InChI=1S/C20H31N3O/c1-3-17-4-6-18(7-5-17)19-14-21-10-13-23(19)15-20(24)22-11-8-16(2)9-12-22/h4-7,16,19,21H,3,8-15H2,1-2H3. The first-order valence-corrected chi connectivity index (χ1v) is 9.48. The highest BCUT2D eigenvalue weighted by Crippen LogP contribution is 2.23. The molecule has 3 rings (SSSR count). The SMILES string of the molecule is CCc1ccc(C2CNCCN2CC(=O)N2CCC(C)CC2)cc1. The van der Waals surface area contributed by atoms with Gasteiger partial charge in [0.25, 0.3) is 0 Å². The van der Waals surface area contributed by atoms with Gasteiger partial charge in [-0.15, -0.1) is 0 Å². The summed E-state index contributed by atoms with van der Waals surface area (Å²) in [6.45, 7) is 9.72. The van der Waals surface area contributed by atoms with Crippen LogP contribution in [0.25, 0.3) is 0 Å². The summed E-state index contributed by atoms with van der Waals surface area (Å²) < 4.78 is 0. The number of piperidine rings is 1. The average molecular weight is 329 g/mol. The summed E-state index contributed by atoms with van der Waals surface area (Å²) in [5.41, 5.74) is 2.69. The molecule has 2 aliphatic rings. The van der Waals surface area contributed by atoms with Gasteiger partial charge in [0.1, 0.15) is 0 Å². The Morgan fingerprint density at radius 2 is 1.88 bits per heavy atom. The highest BCUT2D eigenvalue weighted by molar-refractivity contribution is 5.78. The molecule has 1 amide bonds. The lowest BCUT2D eigenvalue weighted by Crippen LogP contribution is -2.51. The first-order valence-electron chi connectivity index (χ1n) is 9.48. The highest BCUT2D eigenvalue weighted by atomic mass is 16.2. The first kappa shape index (κ1) is 17.4. The molecule has 0 spiro atoms. The number of nitrogens with zero attached hydrogens (tertiary/aromatic N) is 2. The topological polar surface area (TPSA) is 35.6 Å². The van der Waals surface area contributed by atoms with Gasteiger partial charge < -0.3 is 10.2 Å². The first-order chi connectivity index (χ1) is 11.7. The Bertz CT molecular complexity index is 534. The number of rotatable bonds is 4. The number of carbonyl (C=O) groups is 1. The van der Waals surface area contributed by atoms with Crippen LogP contribution in [-0.4, -0.2) is 55.0 Å². The van der Waals surface area contributed by atoms with Gasteiger partial charge >= 0.3 is 0 Å². The monoisotopic (exact) mass is 329 g/mol. The molecular weight excluding hydrogens is 298 g/mol. The van der Waals surface area contributed by atoms with Gasteiger partial charge in [-0.25, -0.2) is 0 Å². The Kier molecular flexibility index (Phi) is 5.90. The minimum absolute atomic E-state index is 0.303. The van der Waals surface area contributed by atoms with Crippen LogP contribution in [0.3, 0.4) is 0 Å². The summed E-state index contributed by atoms with van der Waals surface area (Å²) in [6, 6.07) is 9.20. The molecule has 1 aromatic rings. The number of hydrogen-bond acceptors (Lipinski definition) is 3. The molecule has 2 saturated heterocycles. The second kappa shape index (κ2) is 8.13. The molecule has 0 aromatic heterocycles. The molecular formula is C20H31N3O. The Balaban J connectivity index is 1.64. The summed E-state index contributed by atoms with van der Waals surface area (Å²) in [5, 5.41) is 3.48. The molecule has 2 heterocycles. The molecule has 2 fully saturated rings. The molecule has 24 heavy (non-hydrogen) atoms. The molecule has 1 atom stereocenters. The van der Waals surface area contributed by atoms with E-state index >= 15 is 0 Å². The van der Waals surface area contributed by atoms with Gasteiger partial charge in [0.15, 0.2) is 0 Å². The van der Waals surface area contributed by atoms with E-state index in [0.717, 1.165) is 57.9 Å². The minimum Gasteiger partial charge on any atom is -0.342 e. The minimum atomic E-state index is 0.303. The van der Waals surface area contributed by atoms with Crippen LogP contribution in [0.1, 0.15) is 43.9 Å². The quantitative estimate of drug-likeness (QED) is 0.922. The lowest BCUT2D eigenvalue weighted by atomic mass is 9.99. The van der Waals surface area contributed by atoms with E-state index in [2.05, 4.69) is 53.2 Å². The molecule has 132 valence electrons. The van der Waals surface area contributed by atoms with E-state index in [1.165, 1.54) is 11.1 Å². The number of piperazine rings is 1. The van der Waals surface area contributed by atoms with Gasteiger partial charge in [-0.05, 0) is 36.3 Å². The maximum Gasteiger partial charge on any atom is 0.236 e. The summed E-state index contributed by atoms with van der Waals surface area (Å²) in [5.74, 6) is 1.07. The molecule has 0 aliphatic carbocycles. The predicted molar refractivity (Wildman–Crippen MR) is 98.0 cm³/mol. The smallest absolute Gasteiger partial charge is 0.236 e. The average Bonchev–Trinajstić information content (AvgIpc) is 2.63. The Hall–Kier alpha value is -1.39. The molecule has 0 radical (unpaired) electrons. The fourth-order valence-electron chi connectivity index (χ4n) is 3.77. The van der Waals surface area contributed by atoms with Crippen LogP contribution in [-0.2, 0) is 11.2 Å². The molecule has 1 aromatic carbocycles. The van der Waals surface area contributed by atoms with E-state index in [1.807, 2.05) is 0 Å². The van der Waals surface area contributed by atoms with Crippen LogP contribution >= 0.6 is 0 Å². The van der Waals surface area contributed by atoms with Gasteiger partial charge in [-0.1, -0.05) is 38.1 Å². The lowest BCUT2D eigenvalue weighted by molar-refractivity contribution is -0.134. The predicted octanol–water partition coefficient (Wildman–Crippen LogP) is 2.45. The Morgan fingerprint density at radius 1 is 1.17 bits per heavy atom. The second-order valence-corrected chi connectivity index (χ2v) is 7.35. The zero-order valence-corrected chi connectivity index (χ0v) is 15.1. The van der Waals surface area contributed by atoms with Gasteiger partial charge in [-0.2, -0.15) is 0 Å². The van der Waals surface area contributed by atoms with Gasteiger partial charge in [0, 0.05) is 38.8 Å². The maximum atomic E-state index is 12.7. The summed E-state index contributed by atoms with van der Waals surface area (Å²) in [4.78, 5) is 17.1. The number of likely N-dealkylation sites (tertiary alicyclic amines) is 1. The van der Waals surface area contributed by atoms with Crippen LogP contribution in [0.4, 0.5) is 0 Å². The van der Waals surface area contributed by atoms with Crippen LogP contribution in [0.15, 0.2) is 24.3 Å². The van der Waals surface area contributed by atoms with Gasteiger partial charge in [0.05, 0.1) is 6.54 Å². The summed E-state index contributed by atoms with van der Waals surface area (Å²) in [7, 11) is 0. The molecule has 1 unspecified atom stereocenters. The van der Waals surface area contributed by atoms with E-state index in [4.69, 9.17) is 0 Å². The maximum absolute atomic E-state index is 12.7. The summed E-state index contributed by atoms with van der Waals surface area (Å²) >= 11 is 0. The highest BCUT2D eigenvalue weighted by Gasteiger charge is 2.28. The molecule has 0 bridgehead atoms. The molecule has 4 nitrogen and oxygen atoms in total. The fourth-order valence-corrected chi connectivity index (χ4v) is 3.77. The number of carbonyl (C=O) groups excluding carboxylic acids is 1. The lowest BCUT2D eigenvalue weighted by Gasteiger charge is -2.38. The van der Waals surface area contributed by atoms with Crippen molar-refractivity contribution in [3.05, 3.63) is 35.4 Å². The molecule has 0 saturated carbocycles. The van der Waals surface area contributed by atoms with Crippen molar-refractivity contribution in [2.45, 2.75) is 39.2 Å². The van der Waals surface area contributed by atoms with Crippen molar-refractivity contribution < 1.29 is 4.79 Å². The third-order valence-corrected chi connectivity index (χ3v) is 5.60. The van der Waals surface area contributed by atoms with Gasteiger partial charge in [-0.3, -0.25) is 9.69 Å². The number of hydrogen-bond donors (Lipinski definition) is 1.